The van der Waals surface area contributed by atoms with E-state index in [-0.39, 0.29) is 0 Å². The van der Waals surface area contributed by atoms with Gasteiger partial charge >= 0.3 is 6.09 Å². The Labute approximate surface area is 35.2 Å². The Kier molecular flexibility index (Phi) is 13.3. The lowest BCUT2D eigenvalue weighted by atomic mass is 11.3. The number of nitrogens with two attached hydrogens (primary N) is 1. The Morgan fingerprint density at radius 2 is 1.67 bits per heavy atom. The molecule has 4 nitrogen and oxygen atoms in total. The van der Waals surface area contributed by atoms with Crippen LogP contribution in [0.5, 0.6) is 0 Å². The molecule has 0 aromatic heterocycles. The maximum Gasteiger partial charge on any atom is 0.402 e. The van der Waals surface area contributed by atoms with E-state index in [1.807, 2.05) is 0 Å². The third-order valence-electron chi connectivity index (χ3n) is 0. The number of amides is 1. The summed E-state index contributed by atoms with van der Waals surface area (Å²) < 4.78 is 0. The largest absolute Gasteiger partial charge is 0.465 e. The van der Waals surface area contributed by atoms with Crippen LogP contribution in [0.25, 0.3) is 0 Å². The number of carbonyl (C=O) groups is 1. The molecule has 1 amide bonds. The molecule has 3 N–H and O–H groups in total. The van der Waals surface area contributed by atoms with E-state index in [4.69, 9.17) is 15.0 Å². The molecular weight excluding hydrogens is 86.0 g/mol. The maximum absolute atomic E-state index is 8.78. The number of hydrogen-bond acceptors (Lipinski definition) is 1. The van der Waals surface area contributed by atoms with Gasteiger partial charge in [0.05, 0.1) is 7.11 Å². The standard InChI is InChI=1S/CH3NO2.CH3O/c2-1(3)4;1-2/h2H2,(H,3,4);1H3. The topological polar surface area (TPSA) is 83.2 Å². The highest BCUT2D eigenvalue weighted by Crippen LogP contribution is 1.34. The lowest BCUT2D eigenvalue weighted by Gasteiger charge is -1.61. The number of hydrogen-bond donors (Lipinski definition) is 2. The van der Waals surface area contributed by atoms with Crippen LogP contribution < -0.4 is 5.73 Å². The van der Waals surface area contributed by atoms with Gasteiger partial charge in [-0.05, 0) is 0 Å². The minimum absolute atomic E-state index is 0.750. The van der Waals surface area contributed by atoms with Crippen molar-refractivity contribution in [3.05, 3.63) is 0 Å². The third kappa shape index (κ3) is 27.1. The second-order valence-electron chi connectivity index (χ2n) is 0.338. The summed E-state index contributed by atoms with van der Waals surface area (Å²) in [6.07, 6.45) is -1.33. The average molecular weight is 92.1 g/mol. The Balaban J connectivity index is 0. The molecule has 0 fully saturated rings. The van der Waals surface area contributed by atoms with Gasteiger partial charge in [0.1, 0.15) is 0 Å². The quantitative estimate of drug-likeness (QED) is 0.428. The highest BCUT2D eigenvalue weighted by atomic mass is 16.4. The zero-order chi connectivity index (χ0) is 5.58. The highest BCUT2D eigenvalue weighted by Gasteiger charge is 1.65. The first-order valence-electron chi connectivity index (χ1n) is 1.12. The Hall–Kier alpha value is -0.770. The molecule has 0 aliphatic rings. The smallest absolute Gasteiger partial charge is 0.402 e. The second-order valence-corrected chi connectivity index (χ2v) is 0.338. The van der Waals surface area contributed by atoms with E-state index in [9.17, 15) is 0 Å². The van der Waals surface area contributed by atoms with E-state index in [0.29, 0.717) is 0 Å². The van der Waals surface area contributed by atoms with E-state index < -0.39 is 6.09 Å². The summed E-state index contributed by atoms with van der Waals surface area (Å²) in [7, 11) is 0.750. The Morgan fingerprint density at radius 1 is 1.67 bits per heavy atom. The summed E-state index contributed by atoms with van der Waals surface area (Å²) in [6, 6.07) is 0. The number of carboxylic acid groups (broad SMARTS) is 1. The molecule has 0 aliphatic carbocycles. The first kappa shape index (κ1) is 8.97. The summed E-state index contributed by atoms with van der Waals surface area (Å²) >= 11 is 0. The van der Waals surface area contributed by atoms with E-state index in [0.717, 1.165) is 7.11 Å². The molecule has 0 aromatic rings. The predicted octanol–water partition coefficient (Wildman–Crippen LogP) is -0.330. The van der Waals surface area contributed by atoms with Crippen LogP contribution in [-0.4, -0.2) is 18.3 Å². The van der Waals surface area contributed by atoms with Gasteiger partial charge in [0, 0.05) is 0 Å². The van der Waals surface area contributed by atoms with Crippen molar-refractivity contribution in [1.82, 2.24) is 0 Å². The zero-order valence-corrected chi connectivity index (χ0v) is 3.34. The van der Waals surface area contributed by atoms with Crippen LogP contribution in [0.4, 0.5) is 4.79 Å². The fourth-order valence-electron chi connectivity index (χ4n) is 0. The molecule has 1 radical (unpaired) electrons. The monoisotopic (exact) mass is 92.0 g/mol. The molecular formula is C2H6NO3. The Bertz CT molecular complexity index is 31.8. The van der Waals surface area contributed by atoms with Crippen molar-refractivity contribution in [3.8, 4) is 0 Å². The lowest BCUT2D eigenvalue weighted by Crippen LogP contribution is -2.03. The van der Waals surface area contributed by atoms with Gasteiger partial charge in [-0.1, -0.05) is 0 Å². The molecule has 0 unspecified atom stereocenters. The fraction of sp³-hybridized carbons (Fsp3) is 0.500. The summed E-state index contributed by atoms with van der Waals surface area (Å²) in [6.45, 7) is 0. The first-order chi connectivity index (χ1) is 2.73. The minimum atomic E-state index is -1.33. The van der Waals surface area contributed by atoms with Crippen LogP contribution in [0, 0.1) is 0 Å². The minimum Gasteiger partial charge on any atom is -0.465 e. The average Bonchev–Trinajstić information content (AvgIpc) is 1.41. The molecule has 0 saturated carbocycles. The molecule has 0 bridgehead atoms. The molecule has 0 aliphatic heterocycles. The van der Waals surface area contributed by atoms with Crippen LogP contribution >= 0.6 is 0 Å². The first-order valence-corrected chi connectivity index (χ1v) is 1.12. The summed E-state index contributed by atoms with van der Waals surface area (Å²) in [5.74, 6) is 0. The normalized spacial score (nSPS) is 5.00. The van der Waals surface area contributed by atoms with Gasteiger partial charge in [-0.25, -0.2) is 9.90 Å². The van der Waals surface area contributed by atoms with E-state index in [2.05, 4.69) is 5.73 Å². The maximum atomic E-state index is 8.78. The van der Waals surface area contributed by atoms with Gasteiger partial charge in [-0.3, -0.25) is 0 Å². The molecule has 0 rings (SSSR count). The van der Waals surface area contributed by atoms with Crippen molar-refractivity contribution >= 4 is 6.09 Å². The number of primary amides is 1. The van der Waals surface area contributed by atoms with Crippen molar-refractivity contribution in [2.75, 3.05) is 7.11 Å². The van der Waals surface area contributed by atoms with Crippen molar-refractivity contribution in [3.63, 3.8) is 0 Å². The molecule has 37 valence electrons. The molecule has 0 spiro atoms. The van der Waals surface area contributed by atoms with Gasteiger partial charge in [-0.2, -0.15) is 0 Å². The van der Waals surface area contributed by atoms with E-state index >= 15 is 0 Å². The Morgan fingerprint density at radius 3 is 1.67 bits per heavy atom. The van der Waals surface area contributed by atoms with Crippen LogP contribution in [0.1, 0.15) is 0 Å². The molecule has 0 aromatic carbocycles. The highest BCUT2D eigenvalue weighted by molar-refractivity contribution is 5.61. The van der Waals surface area contributed by atoms with Crippen LogP contribution in [-0.2, 0) is 5.11 Å². The van der Waals surface area contributed by atoms with Crippen LogP contribution in [0.2, 0.25) is 0 Å². The molecule has 0 atom stereocenters. The molecule has 0 saturated heterocycles. The van der Waals surface area contributed by atoms with E-state index in [1.54, 1.807) is 0 Å². The van der Waals surface area contributed by atoms with Gasteiger partial charge < -0.3 is 10.8 Å². The van der Waals surface area contributed by atoms with E-state index in [1.165, 1.54) is 0 Å². The molecule has 6 heavy (non-hydrogen) atoms. The van der Waals surface area contributed by atoms with Crippen LogP contribution in [0.15, 0.2) is 0 Å². The lowest BCUT2D eigenvalue weighted by molar-refractivity contribution is 0.205. The predicted molar refractivity (Wildman–Crippen MR) is 18.8 cm³/mol. The summed E-state index contributed by atoms with van der Waals surface area (Å²) in [5.41, 5.74) is 4.03. The summed E-state index contributed by atoms with van der Waals surface area (Å²) in [5, 5.41) is 15.4. The van der Waals surface area contributed by atoms with Gasteiger partial charge in [0.15, 0.2) is 0 Å². The van der Waals surface area contributed by atoms with Crippen molar-refractivity contribution < 1.29 is 15.0 Å². The van der Waals surface area contributed by atoms with Gasteiger partial charge in [-0.15, -0.1) is 0 Å². The molecule has 0 heterocycles. The van der Waals surface area contributed by atoms with Gasteiger partial charge in [0.2, 0.25) is 0 Å². The second kappa shape index (κ2) is 8.87. The van der Waals surface area contributed by atoms with Crippen LogP contribution in [0.3, 0.4) is 0 Å². The van der Waals surface area contributed by atoms with Gasteiger partial charge in [0.25, 0.3) is 0 Å². The molecule has 4 heteroatoms. The van der Waals surface area contributed by atoms with Crippen molar-refractivity contribution in [2.24, 2.45) is 5.73 Å². The van der Waals surface area contributed by atoms with Crippen molar-refractivity contribution in [2.45, 2.75) is 0 Å². The zero-order valence-electron chi connectivity index (χ0n) is 3.34. The third-order valence-corrected chi connectivity index (χ3v) is 0. The SMILES string of the molecule is C[O].NC(=O)O. The van der Waals surface area contributed by atoms with Crippen molar-refractivity contribution in [1.29, 1.82) is 0 Å². The summed E-state index contributed by atoms with van der Waals surface area (Å²) in [4.78, 5) is 8.78. The number of rotatable bonds is 0. The fourth-order valence-corrected chi connectivity index (χ4v) is 0.